The maximum Gasteiger partial charge on any atom is 0.134 e. The van der Waals surface area contributed by atoms with Crippen molar-refractivity contribution in [1.29, 1.82) is 0 Å². The number of hydrogen-bond donors (Lipinski definition) is 1. The molecule has 0 bridgehead atoms. The van der Waals surface area contributed by atoms with Crippen LogP contribution < -0.4 is 5.32 Å². The minimum Gasteiger partial charge on any atom is -0.461 e. The lowest BCUT2D eigenvalue weighted by molar-refractivity contribution is 0.372. The van der Waals surface area contributed by atoms with E-state index in [4.69, 9.17) is 4.42 Å². The van der Waals surface area contributed by atoms with Crippen LogP contribution in [-0.2, 0) is 6.42 Å². The van der Waals surface area contributed by atoms with Crippen molar-refractivity contribution in [3.8, 4) is 0 Å². The van der Waals surface area contributed by atoms with Crippen LogP contribution >= 0.6 is 0 Å². The molecule has 2 heteroatoms. The van der Waals surface area contributed by atoms with Crippen molar-refractivity contribution in [1.82, 2.24) is 5.32 Å². The molecule has 96 valence electrons. The van der Waals surface area contributed by atoms with Crippen molar-refractivity contribution in [2.24, 2.45) is 5.92 Å². The molecule has 1 N–H and O–H groups in total. The van der Waals surface area contributed by atoms with Gasteiger partial charge in [0, 0.05) is 5.39 Å². The first kappa shape index (κ1) is 11.8. The zero-order valence-corrected chi connectivity index (χ0v) is 11.3. The zero-order valence-electron chi connectivity index (χ0n) is 11.3. The summed E-state index contributed by atoms with van der Waals surface area (Å²) < 4.78 is 5.82. The smallest absolute Gasteiger partial charge is 0.134 e. The molecule has 18 heavy (non-hydrogen) atoms. The predicted octanol–water partition coefficient (Wildman–Crippen LogP) is 3.59. The highest BCUT2D eigenvalue weighted by atomic mass is 16.3. The Morgan fingerprint density at radius 1 is 1.22 bits per heavy atom. The van der Waals surface area contributed by atoms with Crippen LogP contribution in [0.3, 0.4) is 0 Å². The van der Waals surface area contributed by atoms with Crippen LogP contribution in [-0.4, -0.2) is 13.1 Å². The first-order chi connectivity index (χ1) is 8.74. The molecule has 0 unspecified atom stereocenters. The van der Waals surface area contributed by atoms with Gasteiger partial charge in [0.25, 0.3) is 0 Å². The number of rotatable bonds is 2. The van der Waals surface area contributed by atoms with E-state index in [1.807, 2.05) is 6.92 Å². The lowest BCUT2D eigenvalue weighted by Gasteiger charge is -2.22. The van der Waals surface area contributed by atoms with Crippen molar-refractivity contribution < 1.29 is 4.42 Å². The molecular formula is C16H21NO. The van der Waals surface area contributed by atoms with Crippen molar-refractivity contribution in [2.45, 2.75) is 33.1 Å². The van der Waals surface area contributed by atoms with E-state index in [2.05, 4.69) is 30.4 Å². The fourth-order valence-corrected chi connectivity index (χ4v) is 2.94. The minimum atomic E-state index is 0.834. The second-order valence-electron chi connectivity index (χ2n) is 5.51. The molecule has 0 radical (unpaired) electrons. The molecule has 0 amide bonds. The monoisotopic (exact) mass is 243 g/mol. The highest BCUT2D eigenvalue weighted by molar-refractivity contribution is 5.82. The first-order valence-corrected chi connectivity index (χ1v) is 6.93. The Labute approximate surface area is 108 Å². The molecule has 0 atom stereocenters. The van der Waals surface area contributed by atoms with Crippen LogP contribution in [0.1, 0.15) is 29.7 Å². The normalized spacial score (nSPS) is 17.4. The summed E-state index contributed by atoms with van der Waals surface area (Å²) in [6, 6.07) is 6.72. The Morgan fingerprint density at radius 3 is 2.78 bits per heavy atom. The predicted molar refractivity (Wildman–Crippen MR) is 75.0 cm³/mol. The second-order valence-corrected chi connectivity index (χ2v) is 5.51. The third kappa shape index (κ3) is 2.17. The summed E-state index contributed by atoms with van der Waals surface area (Å²) in [4.78, 5) is 0. The number of piperidine rings is 1. The van der Waals surface area contributed by atoms with Crippen molar-refractivity contribution >= 4 is 11.0 Å². The maximum absolute atomic E-state index is 5.82. The zero-order chi connectivity index (χ0) is 12.5. The second kappa shape index (κ2) is 4.77. The summed E-state index contributed by atoms with van der Waals surface area (Å²) in [5.41, 5.74) is 3.75. The van der Waals surface area contributed by atoms with Gasteiger partial charge in [0.15, 0.2) is 0 Å². The largest absolute Gasteiger partial charge is 0.461 e. The van der Waals surface area contributed by atoms with Crippen LogP contribution in [0.5, 0.6) is 0 Å². The topological polar surface area (TPSA) is 25.2 Å². The van der Waals surface area contributed by atoms with Crippen LogP contribution in [0.2, 0.25) is 0 Å². The lowest BCUT2D eigenvalue weighted by atomic mass is 9.91. The van der Waals surface area contributed by atoms with Gasteiger partial charge in [-0.05, 0) is 69.3 Å². The highest BCUT2D eigenvalue weighted by Gasteiger charge is 2.14. The van der Waals surface area contributed by atoms with E-state index in [1.165, 1.54) is 48.9 Å². The molecule has 0 aliphatic carbocycles. The molecule has 2 heterocycles. The average Bonchev–Trinajstić information content (AvgIpc) is 2.66. The molecule has 1 aromatic heterocycles. The van der Waals surface area contributed by atoms with E-state index in [1.54, 1.807) is 0 Å². The summed E-state index contributed by atoms with van der Waals surface area (Å²) >= 11 is 0. The summed E-state index contributed by atoms with van der Waals surface area (Å²) in [6.07, 6.45) is 3.79. The van der Waals surface area contributed by atoms with Crippen LogP contribution in [0.25, 0.3) is 11.0 Å². The number of aryl methyl sites for hydroxylation is 2. The molecule has 1 aliphatic heterocycles. The van der Waals surface area contributed by atoms with E-state index in [0.717, 1.165) is 17.3 Å². The number of nitrogens with one attached hydrogen (secondary N) is 1. The summed E-state index contributed by atoms with van der Waals surface area (Å²) in [6.45, 7) is 6.52. The third-order valence-corrected chi connectivity index (χ3v) is 4.22. The van der Waals surface area contributed by atoms with E-state index in [0.29, 0.717) is 0 Å². The fraction of sp³-hybridized carbons (Fsp3) is 0.500. The van der Waals surface area contributed by atoms with Gasteiger partial charge >= 0.3 is 0 Å². The number of fused-ring (bicyclic) bond motifs is 1. The van der Waals surface area contributed by atoms with E-state index in [-0.39, 0.29) is 0 Å². The van der Waals surface area contributed by atoms with Gasteiger partial charge in [0.1, 0.15) is 11.3 Å². The van der Waals surface area contributed by atoms with Gasteiger partial charge < -0.3 is 9.73 Å². The van der Waals surface area contributed by atoms with Gasteiger partial charge in [-0.25, -0.2) is 0 Å². The molecule has 1 aromatic carbocycles. The standard InChI is InChI=1S/C16H21NO/c1-11-12(2)18-16-10-14(3-4-15(11)16)9-13-5-7-17-8-6-13/h3-4,10,13,17H,5-9H2,1-2H3. The molecule has 1 aliphatic rings. The number of furan rings is 1. The van der Waals surface area contributed by atoms with E-state index >= 15 is 0 Å². The quantitative estimate of drug-likeness (QED) is 0.872. The van der Waals surface area contributed by atoms with Gasteiger partial charge in [0.05, 0.1) is 0 Å². The van der Waals surface area contributed by atoms with E-state index in [9.17, 15) is 0 Å². The van der Waals surface area contributed by atoms with Gasteiger partial charge in [0.2, 0.25) is 0 Å². The molecule has 0 spiro atoms. The SMILES string of the molecule is Cc1oc2cc(CC3CCNCC3)ccc2c1C. The van der Waals surface area contributed by atoms with E-state index < -0.39 is 0 Å². The Hall–Kier alpha value is -1.28. The number of benzene rings is 1. The van der Waals surface area contributed by atoms with Crippen molar-refractivity contribution in [3.63, 3.8) is 0 Å². The van der Waals surface area contributed by atoms with Crippen LogP contribution in [0.4, 0.5) is 0 Å². The summed E-state index contributed by atoms with van der Waals surface area (Å²) in [5.74, 6) is 1.88. The van der Waals surface area contributed by atoms with Crippen LogP contribution in [0.15, 0.2) is 22.6 Å². The average molecular weight is 243 g/mol. The third-order valence-electron chi connectivity index (χ3n) is 4.22. The Bertz CT molecular complexity index is 549. The van der Waals surface area contributed by atoms with Gasteiger partial charge in [-0.15, -0.1) is 0 Å². The van der Waals surface area contributed by atoms with Crippen molar-refractivity contribution in [3.05, 3.63) is 35.1 Å². The molecule has 0 saturated carbocycles. The molecule has 1 saturated heterocycles. The fourth-order valence-electron chi connectivity index (χ4n) is 2.94. The Morgan fingerprint density at radius 2 is 2.00 bits per heavy atom. The lowest BCUT2D eigenvalue weighted by Crippen LogP contribution is -2.28. The summed E-state index contributed by atoms with van der Waals surface area (Å²) in [5, 5.41) is 4.69. The maximum atomic E-state index is 5.82. The number of hydrogen-bond acceptors (Lipinski definition) is 2. The Kier molecular flexibility index (Phi) is 3.13. The molecule has 2 aromatic rings. The highest BCUT2D eigenvalue weighted by Crippen LogP contribution is 2.27. The molecule has 3 rings (SSSR count). The minimum absolute atomic E-state index is 0.834. The first-order valence-electron chi connectivity index (χ1n) is 6.93. The molecule has 2 nitrogen and oxygen atoms in total. The molecular weight excluding hydrogens is 222 g/mol. The summed E-state index contributed by atoms with van der Waals surface area (Å²) in [7, 11) is 0. The van der Waals surface area contributed by atoms with Gasteiger partial charge in [-0.1, -0.05) is 12.1 Å². The molecule has 1 fully saturated rings. The van der Waals surface area contributed by atoms with Crippen LogP contribution in [0, 0.1) is 19.8 Å². The van der Waals surface area contributed by atoms with Gasteiger partial charge in [-0.2, -0.15) is 0 Å². The Balaban J connectivity index is 1.84. The van der Waals surface area contributed by atoms with Gasteiger partial charge in [-0.3, -0.25) is 0 Å². The van der Waals surface area contributed by atoms with Crippen molar-refractivity contribution in [2.75, 3.05) is 13.1 Å².